The van der Waals surface area contributed by atoms with Crippen molar-refractivity contribution < 1.29 is 13.5 Å². The Kier molecular flexibility index (Phi) is 5.05. The second-order valence-corrected chi connectivity index (χ2v) is 6.45. The minimum atomic E-state index is -3.18. The number of anilines is 1. The Morgan fingerprint density at radius 3 is 2.96 bits per heavy atom. The summed E-state index contributed by atoms with van der Waals surface area (Å²) in [5, 5.41) is 0. The van der Waals surface area contributed by atoms with Gasteiger partial charge in [-0.1, -0.05) is 0 Å². The molecule has 10 heteroatoms. The van der Waals surface area contributed by atoms with E-state index in [1.807, 2.05) is 11.8 Å². The Bertz CT molecular complexity index is 778. The Morgan fingerprint density at radius 2 is 2.27 bits per heavy atom. The highest BCUT2D eigenvalue weighted by Crippen LogP contribution is 2.42. The monoisotopic (exact) mass is 368 g/mol. The van der Waals surface area contributed by atoms with Gasteiger partial charge >= 0.3 is 5.69 Å². The van der Waals surface area contributed by atoms with Gasteiger partial charge in [-0.3, -0.25) is 14.5 Å². The predicted octanol–water partition coefficient (Wildman–Crippen LogP) is 0.366. The molecule has 0 aliphatic carbocycles. The molecular weight excluding hydrogens is 346 g/mol. The first-order valence-electron chi connectivity index (χ1n) is 8.36. The summed E-state index contributed by atoms with van der Waals surface area (Å²) in [5.74, 6) is -3.20. The molecule has 0 bridgehead atoms. The first-order valence-corrected chi connectivity index (χ1v) is 8.36. The normalized spacial score (nSPS) is 29.2. The molecule has 2 aliphatic heterocycles. The Balaban J connectivity index is 1.74. The van der Waals surface area contributed by atoms with Crippen LogP contribution in [0.4, 0.5) is 14.6 Å². The van der Waals surface area contributed by atoms with Crippen molar-refractivity contribution in [3.05, 3.63) is 35.0 Å². The Hall–Kier alpha value is -2.33. The fourth-order valence-electron chi connectivity index (χ4n) is 3.34. The van der Waals surface area contributed by atoms with Crippen LogP contribution in [-0.2, 0) is 4.74 Å². The zero-order chi connectivity index (χ0) is 18.9. The molecule has 8 nitrogen and oxygen atoms in total. The van der Waals surface area contributed by atoms with Crippen molar-refractivity contribution in [2.24, 2.45) is 10.7 Å². The average Bonchev–Trinajstić information content (AvgIpc) is 2.86. The highest BCUT2D eigenvalue weighted by molar-refractivity contribution is 5.99. The molecule has 142 valence electrons. The molecule has 3 atom stereocenters. The number of alkyl halides is 2. The van der Waals surface area contributed by atoms with Crippen molar-refractivity contribution in [1.29, 1.82) is 0 Å². The number of hydrogen-bond donors (Lipinski definition) is 2. The molecule has 0 saturated carbocycles. The lowest BCUT2D eigenvalue weighted by molar-refractivity contribution is -0.119. The third-order valence-electron chi connectivity index (χ3n) is 4.65. The zero-order valence-corrected chi connectivity index (χ0v) is 14.4. The summed E-state index contributed by atoms with van der Waals surface area (Å²) in [6, 6.07) is 1.24. The lowest BCUT2D eigenvalue weighted by atomic mass is 10.1. The number of rotatable bonds is 4. The molecule has 1 aromatic rings. The molecule has 0 spiro atoms. The van der Waals surface area contributed by atoms with Crippen LogP contribution in [0.15, 0.2) is 34.3 Å². The van der Waals surface area contributed by atoms with Gasteiger partial charge < -0.3 is 16.2 Å². The van der Waals surface area contributed by atoms with Crippen molar-refractivity contribution in [2.45, 2.75) is 37.6 Å². The van der Waals surface area contributed by atoms with Gasteiger partial charge in [-0.05, 0) is 25.3 Å². The largest absolute Gasteiger partial charge is 0.405 e. The molecule has 0 radical (unpaired) electrons. The molecule has 0 amide bonds. The second-order valence-electron chi connectivity index (χ2n) is 6.45. The van der Waals surface area contributed by atoms with E-state index in [-0.39, 0.29) is 11.9 Å². The lowest BCUT2D eigenvalue weighted by Gasteiger charge is -2.33. The fraction of sp³-hybridized carbons (Fsp3) is 0.562. The number of aliphatic imine (C=N–C) groups is 1. The third-order valence-corrected chi connectivity index (χ3v) is 4.65. The molecule has 3 heterocycles. The molecule has 4 N–H and O–H groups in total. The number of nitrogens with two attached hydrogens (primary N) is 2. The van der Waals surface area contributed by atoms with E-state index in [0.717, 1.165) is 10.3 Å². The molecule has 1 aromatic heterocycles. The van der Waals surface area contributed by atoms with Crippen LogP contribution < -0.4 is 17.2 Å². The molecule has 26 heavy (non-hydrogen) atoms. The van der Waals surface area contributed by atoms with Crippen LogP contribution in [0.5, 0.6) is 0 Å². The Labute approximate surface area is 149 Å². The molecule has 0 aromatic carbocycles. The average molecular weight is 368 g/mol. The van der Waals surface area contributed by atoms with E-state index in [1.54, 1.807) is 6.08 Å². The van der Waals surface area contributed by atoms with Gasteiger partial charge in [-0.2, -0.15) is 4.98 Å². The van der Waals surface area contributed by atoms with E-state index in [0.29, 0.717) is 19.6 Å². The summed E-state index contributed by atoms with van der Waals surface area (Å²) in [4.78, 5) is 21.8. The number of halogens is 2. The third kappa shape index (κ3) is 3.61. The summed E-state index contributed by atoms with van der Waals surface area (Å²) in [6.07, 6.45) is 1.43. The van der Waals surface area contributed by atoms with Gasteiger partial charge in [0, 0.05) is 31.7 Å². The van der Waals surface area contributed by atoms with Crippen LogP contribution in [0.3, 0.4) is 0 Å². The van der Waals surface area contributed by atoms with Crippen LogP contribution in [-0.4, -0.2) is 57.9 Å². The number of hydrogen-bond acceptors (Lipinski definition) is 7. The number of nitrogens with zero attached hydrogens (tertiary/aromatic N) is 4. The summed E-state index contributed by atoms with van der Waals surface area (Å²) in [7, 11) is 0. The molecule has 1 fully saturated rings. The van der Waals surface area contributed by atoms with Gasteiger partial charge in [0.1, 0.15) is 5.82 Å². The van der Waals surface area contributed by atoms with E-state index in [2.05, 4.69) is 9.98 Å². The second kappa shape index (κ2) is 7.12. The Morgan fingerprint density at radius 1 is 1.50 bits per heavy atom. The van der Waals surface area contributed by atoms with Gasteiger partial charge in [-0.15, -0.1) is 0 Å². The van der Waals surface area contributed by atoms with E-state index in [1.165, 1.54) is 18.5 Å². The van der Waals surface area contributed by atoms with E-state index < -0.39 is 30.4 Å². The van der Waals surface area contributed by atoms with Crippen LogP contribution in [0, 0.1) is 0 Å². The summed E-state index contributed by atoms with van der Waals surface area (Å²) < 4.78 is 35.2. The van der Waals surface area contributed by atoms with E-state index in [4.69, 9.17) is 16.2 Å². The first kappa shape index (κ1) is 18.5. The highest BCUT2D eigenvalue weighted by atomic mass is 19.3. The summed E-state index contributed by atoms with van der Waals surface area (Å²) in [5.41, 5.74) is 10.8. The maximum Gasteiger partial charge on any atom is 0.351 e. The van der Waals surface area contributed by atoms with Crippen molar-refractivity contribution >= 4 is 11.5 Å². The predicted molar refractivity (Wildman–Crippen MR) is 93.0 cm³/mol. The minimum Gasteiger partial charge on any atom is -0.405 e. The minimum absolute atomic E-state index is 0.0222. The van der Waals surface area contributed by atoms with Crippen molar-refractivity contribution in [1.82, 2.24) is 14.5 Å². The molecule has 1 saturated heterocycles. The van der Waals surface area contributed by atoms with Crippen LogP contribution in [0.25, 0.3) is 0 Å². The van der Waals surface area contributed by atoms with E-state index in [9.17, 15) is 13.6 Å². The quantitative estimate of drug-likeness (QED) is 0.794. The number of aromatic nitrogens is 2. The van der Waals surface area contributed by atoms with Crippen LogP contribution in [0.1, 0.15) is 19.6 Å². The lowest BCUT2D eigenvalue weighted by Crippen LogP contribution is -2.47. The number of ether oxygens (including phenoxy) is 1. The molecular formula is C16H22F2N6O2. The maximum atomic E-state index is 14.5. The SMILES string of the molecule is CC1C(C=CN)=NCCN1C[C@@H]1CC(F)(F)[C@H](n2ccc(N)nc2=O)O1. The van der Waals surface area contributed by atoms with Crippen molar-refractivity contribution in [2.75, 3.05) is 25.4 Å². The molecule has 2 aliphatic rings. The zero-order valence-electron chi connectivity index (χ0n) is 14.4. The summed E-state index contributed by atoms with van der Waals surface area (Å²) in [6.45, 7) is 3.46. The van der Waals surface area contributed by atoms with Gasteiger partial charge in [0.15, 0.2) is 0 Å². The standard InChI is InChI=1S/C16H22F2N6O2/c1-10-12(2-4-19)21-5-7-23(10)9-11-8-16(17,18)14(26-11)24-6-3-13(20)22-15(24)25/h2-4,6,10-11,14H,5,7-9,19H2,1H3,(H2,20,22,25)/t10?,11-,14+/m0/s1. The maximum absolute atomic E-state index is 14.5. The van der Waals surface area contributed by atoms with Crippen molar-refractivity contribution in [3.63, 3.8) is 0 Å². The summed E-state index contributed by atoms with van der Waals surface area (Å²) >= 11 is 0. The van der Waals surface area contributed by atoms with Crippen molar-refractivity contribution in [3.8, 4) is 0 Å². The number of nitrogen functional groups attached to an aromatic ring is 1. The van der Waals surface area contributed by atoms with Gasteiger partial charge in [0.25, 0.3) is 5.92 Å². The van der Waals surface area contributed by atoms with E-state index >= 15 is 0 Å². The van der Waals surface area contributed by atoms with Gasteiger partial charge in [-0.25, -0.2) is 13.6 Å². The van der Waals surface area contributed by atoms with Gasteiger partial charge in [0.05, 0.1) is 18.4 Å². The fourth-order valence-corrected chi connectivity index (χ4v) is 3.34. The topological polar surface area (TPSA) is 112 Å². The molecule has 3 rings (SSSR count). The first-order chi connectivity index (χ1) is 12.3. The van der Waals surface area contributed by atoms with Crippen LogP contribution in [0.2, 0.25) is 0 Å². The smallest absolute Gasteiger partial charge is 0.351 e. The molecule has 1 unspecified atom stereocenters. The highest BCUT2D eigenvalue weighted by Gasteiger charge is 2.52. The van der Waals surface area contributed by atoms with Gasteiger partial charge in [0.2, 0.25) is 6.23 Å². The van der Waals surface area contributed by atoms with Crippen LogP contribution >= 0.6 is 0 Å².